The van der Waals surface area contributed by atoms with Crippen LogP contribution in [0.25, 0.3) is 18.2 Å². The number of aliphatic imine (C=N–C) groups is 1. The van der Waals surface area contributed by atoms with Crippen molar-refractivity contribution < 1.29 is 0 Å². The largest absolute Gasteiger partial charge is 0.355 e. The lowest BCUT2D eigenvalue weighted by Crippen LogP contribution is -2.12. The second-order valence-corrected chi connectivity index (χ2v) is 10.5. The van der Waals surface area contributed by atoms with Crippen LogP contribution in [0.4, 0.5) is 0 Å². The summed E-state index contributed by atoms with van der Waals surface area (Å²) in [6, 6.07) is 0. The van der Waals surface area contributed by atoms with Crippen LogP contribution in [0.3, 0.4) is 0 Å². The molecule has 1 aliphatic carbocycles. The van der Waals surface area contributed by atoms with Gasteiger partial charge in [-0.25, -0.2) is 4.99 Å². The van der Waals surface area contributed by atoms with E-state index in [0.29, 0.717) is 0 Å². The number of nitrogens with zero attached hydrogens (tertiary/aromatic N) is 1. The minimum absolute atomic E-state index is 0.932. The number of hydrogen-bond acceptors (Lipinski definition) is 1. The molecule has 0 aromatic carbocycles. The minimum Gasteiger partial charge on any atom is -0.355 e. The molecule has 2 aromatic heterocycles. The first kappa shape index (κ1) is 25.1. The summed E-state index contributed by atoms with van der Waals surface area (Å²) >= 11 is 0. The van der Waals surface area contributed by atoms with Crippen molar-refractivity contribution in [2.45, 2.75) is 74.7 Å². The summed E-state index contributed by atoms with van der Waals surface area (Å²) in [4.78, 5) is 12.5. The summed E-state index contributed by atoms with van der Waals surface area (Å²) in [5.74, 6) is 0. The Balaban J connectivity index is 1.74. The highest BCUT2D eigenvalue weighted by atomic mass is 14.8. The van der Waals surface area contributed by atoms with Crippen LogP contribution in [0.1, 0.15) is 81.6 Å². The van der Waals surface area contributed by atoms with Gasteiger partial charge in [-0.3, -0.25) is 0 Å². The average Bonchev–Trinajstić information content (AvgIpc) is 3.53. The normalized spacial score (nSPS) is 17.5. The quantitative estimate of drug-likeness (QED) is 0.457. The minimum atomic E-state index is 0.932. The van der Waals surface area contributed by atoms with Crippen molar-refractivity contribution in [2.75, 3.05) is 0 Å². The summed E-state index contributed by atoms with van der Waals surface area (Å²) in [6.45, 7) is 17.8. The fourth-order valence-electron chi connectivity index (χ4n) is 5.97. The zero-order valence-electron chi connectivity index (χ0n) is 23.6. The third-order valence-electron chi connectivity index (χ3n) is 8.66. The van der Waals surface area contributed by atoms with Gasteiger partial charge in [-0.1, -0.05) is 32.1 Å². The van der Waals surface area contributed by atoms with Gasteiger partial charge < -0.3 is 9.97 Å². The Hall–Kier alpha value is -3.59. The van der Waals surface area contributed by atoms with Gasteiger partial charge in [0.05, 0.1) is 11.4 Å². The lowest BCUT2D eigenvalue weighted by atomic mass is 9.97. The first-order valence-corrected chi connectivity index (χ1v) is 13.6. The molecule has 0 unspecified atom stereocenters. The SMILES string of the molecule is CCc1c2[nH]c(c1C)C=CC=C1N=C(C(C)=C1C)C1=C(C)C(C)=C(C=CC=c3[nH]c(c(CC)c3C)=C2)C1. The average molecular weight is 490 g/mol. The van der Waals surface area contributed by atoms with E-state index in [1.807, 2.05) is 0 Å². The fourth-order valence-corrected chi connectivity index (χ4v) is 5.97. The van der Waals surface area contributed by atoms with E-state index in [4.69, 9.17) is 4.99 Å². The van der Waals surface area contributed by atoms with Crippen LogP contribution >= 0.6 is 0 Å². The summed E-state index contributed by atoms with van der Waals surface area (Å²) in [6.07, 6.45) is 18.4. The standard InChI is InChI=1S/C34H39N3/c1-9-26-23(7)30-14-11-13-25-17-28(20(4)19(25)3)34-22(6)21(5)29(37-34)15-12-16-31-24(8)27(10-2)33(36-31)18-32(26)35-30/h11-16,18,35-36H,9-10,17H2,1-8H3. The van der Waals surface area contributed by atoms with E-state index >= 15 is 0 Å². The Morgan fingerprint density at radius 2 is 1.43 bits per heavy atom. The van der Waals surface area contributed by atoms with Gasteiger partial charge in [0, 0.05) is 28.5 Å². The van der Waals surface area contributed by atoms with Gasteiger partial charge in [-0.05, 0) is 134 Å². The number of hydrogen-bond donors (Lipinski definition) is 2. The molecule has 0 saturated carbocycles. The Bertz CT molecular complexity index is 1650. The van der Waals surface area contributed by atoms with Gasteiger partial charge in [0.25, 0.3) is 0 Å². The Morgan fingerprint density at radius 1 is 0.703 bits per heavy atom. The predicted octanol–water partition coefficient (Wildman–Crippen LogP) is 6.99. The third kappa shape index (κ3) is 4.21. The van der Waals surface area contributed by atoms with E-state index in [-0.39, 0.29) is 0 Å². The van der Waals surface area contributed by atoms with Crippen molar-refractivity contribution in [1.82, 2.24) is 9.97 Å². The molecule has 2 N–H and O–H groups in total. The maximum Gasteiger partial charge on any atom is 0.0707 e. The van der Waals surface area contributed by atoms with Crippen molar-refractivity contribution >= 4 is 23.9 Å². The summed E-state index contributed by atoms with van der Waals surface area (Å²) in [5.41, 5.74) is 18.0. The second-order valence-electron chi connectivity index (χ2n) is 10.5. The molecule has 37 heavy (non-hydrogen) atoms. The van der Waals surface area contributed by atoms with E-state index in [9.17, 15) is 0 Å². The number of aromatic nitrogens is 2. The van der Waals surface area contributed by atoms with Gasteiger partial charge >= 0.3 is 0 Å². The number of fused-ring (bicyclic) bond motifs is 8. The predicted molar refractivity (Wildman–Crippen MR) is 159 cm³/mol. The van der Waals surface area contributed by atoms with E-state index in [2.05, 4.69) is 108 Å². The fraction of sp³-hybridized carbons (Fsp3) is 0.324. The molecule has 0 spiro atoms. The molecule has 3 heteroatoms. The first-order chi connectivity index (χ1) is 17.7. The van der Waals surface area contributed by atoms with Crippen molar-refractivity contribution in [2.24, 2.45) is 4.99 Å². The number of nitrogens with one attached hydrogen (secondary N) is 2. The lowest BCUT2D eigenvalue weighted by molar-refractivity contribution is 1.09. The number of aromatic amines is 2. The lowest BCUT2D eigenvalue weighted by Gasteiger charge is -2.06. The summed E-state index contributed by atoms with van der Waals surface area (Å²) in [5, 5.41) is 2.38. The second kappa shape index (κ2) is 9.70. The van der Waals surface area contributed by atoms with Crippen LogP contribution in [-0.4, -0.2) is 15.7 Å². The molecule has 2 aliphatic heterocycles. The van der Waals surface area contributed by atoms with Crippen molar-refractivity contribution in [1.29, 1.82) is 0 Å². The van der Waals surface area contributed by atoms with E-state index < -0.39 is 0 Å². The molecule has 0 saturated heterocycles. The van der Waals surface area contributed by atoms with Crippen LogP contribution < -0.4 is 10.7 Å². The Morgan fingerprint density at radius 3 is 2.16 bits per heavy atom. The maximum atomic E-state index is 5.12. The maximum absolute atomic E-state index is 5.12. The van der Waals surface area contributed by atoms with Crippen molar-refractivity contribution in [3.05, 3.63) is 108 Å². The number of H-pyrrole nitrogens is 2. The van der Waals surface area contributed by atoms with Gasteiger partial charge in [0.15, 0.2) is 0 Å². The van der Waals surface area contributed by atoms with Gasteiger partial charge in [0.2, 0.25) is 0 Å². The molecule has 0 atom stereocenters. The van der Waals surface area contributed by atoms with Crippen LogP contribution in [0.2, 0.25) is 0 Å². The molecule has 4 heterocycles. The summed E-state index contributed by atoms with van der Waals surface area (Å²) in [7, 11) is 0. The molecule has 190 valence electrons. The zero-order chi connectivity index (χ0) is 26.4. The molecule has 8 bridgehead atoms. The summed E-state index contributed by atoms with van der Waals surface area (Å²) < 4.78 is 0. The van der Waals surface area contributed by atoms with Gasteiger partial charge in [-0.2, -0.15) is 0 Å². The number of rotatable bonds is 2. The highest BCUT2D eigenvalue weighted by Crippen LogP contribution is 2.38. The molecule has 0 fully saturated rings. The zero-order valence-corrected chi connectivity index (χ0v) is 23.6. The van der Waals surface area contributed by atoms with Gasteiger partial charge in [-0.15, -0.1) is 0 Å². The van der Waals surface area contributed by atoms with Crippen molar-refractivity contribution in [3.63, 3.8) is 0 Å². The molecule has 3 nitrogen and oxygen atoms in total. The molecule has 0 radical (unpaired) electrons. The van der Waals surface area contributed by atoms with Crippen LogP contribution in [0, 0.1) is 13.8 Å². The van der Waals surface area contributed by atoms with Crippen LogP contribution in [0.5, 0.6) is 0 Å². The van der Waals surface area contributed by atoms with Gasteiger partial charge in [0.1, 0.15) is 0 Å². The van der Waals surface area contributed by atoms with Crippen LogP contribution in [-0.2, 0) is 12.8 Å². The van der Waals surface area contributed by atoms with Crippen LogP contribution in [0.15, 0.2) is 68.4 Å². The van der Waals surface area contributed by atoms with E-state index in [1.54, 1.807) is 0 Å². The smallest absolute Gasteiger partial charge is 0.0707 e. The molecule has 5 rings (SSSR count). The molecule has 3 aliphatic rings. The van der Waals surface area contributed by atoms with E-state index in [0.717, 1.165) is 36.4 Å². The molecular weight excluding hydrogens is 450 g/mol. The first-order valence-electron chi connectivity index (χ1n) is 13.6. The molecular formula is C34H39N3. The highest BCUT2D eigenvalue weighted by Gasteiger charge is 2.26. The molecule has 2 aromatic rings. The Kier molecular flexibility index (Phi) is 6.58. The monoisotopic (exact) mass is 489 g/mol. The van der Waals surface area contributed by atoms with Crippen molar-refractivity contribution in [3.8, 4) is 0 Å². The number of allylic oxidation sites excluding steroid dienone is 10. The topological polar surface area (TPSA) is 43.9 Å². The highest BCUT2D eigenvalue weighted by molar-refractivity contribution is 6.16. The Labute approximate surface area is 221 Å². The molecule has 0 amide bonds. The van der Waals surface area contributed by atoms with E-state index in [1.165, 1.54) is 72.1 Å². The third-order valence-corrected chi connectivity index (χ3v) is 8.66.